The van der Waals surface area contributed by atoms with Gasteiger partial charge in [0, 0.05) is 56.3 Å². The molecule has 164 valence electrons. The third-order valence-electron chi connectivity index (χ3n) is 5.64. The number of anilines is 1. The molecule has 0 saturated carbocycles. The fourth-order valence-corrected chi connectivity index (χ4v) is 3.86. The van der Waals surface area contributed by atoms with Gasteiger partial charge in [-0.25, -0.2) is 4.98 Å². The van der Waals surface area contributed by atoms with Gasteiger partial charge in [-0.3, -0.25) is 4.79 Å². The number of rotatable bonds is 5. The summed E-state index contributed by atoms with van der Waals surface area (Å²) in [5, 5.41) is 12.5. The summed E-state index contributed by atoms with van der Waals surface area (Å²) < 4.78 is 7.49. The molecular weight excluding hydrogens is 408 g/mol. The first-order chi connectivity index (χ1) is 15.6. The van der Waals surface area contributed by atoms with E-state index in [1.165, 1.54) is 11.9 Å². The Balaban J connectivity index is 1.17. The molecule has 3 aromatic heterocycles. The molecule has 10 heteroatoms. The van der Waals surface area contributed by atoms with Gasteiger partial charge in [0.25, 0.3) is 5.78 Å². The van der Waals surface area contributed by atoms with E-state index in [1.54, 1.807) is 4.52 Å². The van der Waals surface area contributed by atoms with E-state index in [1.807, 2.05) is 49.1 Å². The van der Waals surface area contributed by atoms with Gasteiger partial charge in [0.2, 0.25) is 17.7 Å². The maximum atomic E-state index is 12.7. The van der Waals surface area contributed by atoms with Crippen LogP contribution >= 0.6 is 0 Å². The summed E-state index contributed by atoms with van der Waals surface area (Å²) in [6.45, 7) is 6.72. The second-order valence-corrected chi connectivity index (χ2v) is 7.96. The van der Waals surface area contributed by atoms with Crippen LogP contribution in [0.2, 0.25) is 0 Å². The molecular formula is C22H24N8O2. The largest absolute Gasteiger partial charge is 0.421 e. The van der Waals surface area contributed by atoms with Crippen molar-refractivity contribution in [2.75, 3.05) is 31.1 Å². The van der Waals surface area contributed by atoms with Crippen LogP contribution in [-0.4, -0.2) is 66.8 Å². The lowest BCUT2D eigenvalue weighted by molar-refractivity contribution is -0.131. The van der Waals surface area contributed by atoms with Crippen molar-refractivity contribution in [1.29, 1.82) is 0 Å². The van der Waals surface area contributed by atoms with Gasteiger partial charge in [0.1, 0.15) is 12.1 Å². The van der Waals surface area contributed by atoms with E-state index in [0.29, 0.717) is 43.5 Å². The van der Waals surface area contributed by atoms with E-state index in [9.17, 15) is 4.79 Å². The highest BCUT2D eigenvalue weighted by atomic mass is 16.4. The van der Waals surface area contributed by atoms with Crippen LogP contribution in [0.25, 0.3) is 17.2 Å². The summed E-state index contributed by atoms with van der Waals surface area (Å²) in [6.07, 6.45) is 2.28. The van der Waals surface area contributed by atoms with Crippen LogP contribution in [0.5, 0.6) is 0 Å². The number of carbonyl (C=O) groups is 1. The molecule has 0 bridgehead atoms. The highest BCUT2D eigenvalue weighted by molar-refractivity contribution is 5.76. The van der Waals surface area contributed by atoms with Crippen molar-refractivity contribution in [3.63, 3.8) is 0 Å². The van der Waals surface area contributed by atoms with Crippen LogP contribution in [0.15, 0.2) is 41.1 Å². The second-order valence-electron chi connectivity index (χ2n) is 7.96. The monoisotopic (exact) mass is 432 g/mol. The summed E-state index contributed by atoms with van der Waals surface area (Å²) in [6, 6.07) is 9.91. The predicted molar refractivity (Wildman–Crippen MR) is 117 cm³/mol. The number of piperazine rings is 1. The second kappa shape index (κ2) is 8.37. The highest BCUT2D eigenvalue weighted by Crippen LogP contribution is 2.20. The van der Waals surface area contributed by atoms with Crippen molar-refractivity contribution in [2.24, 2.45) is 0 Å². The van der Waals surface area contributed by atoms with Crippen molar-refractivity contribution < 1.29 is 9.21 Å². The lowest BCUT2D eigenvalue weighted by atomic mass is 10.1. The molecule has 0 unspecified atom stereocenters. The van der Waals surface area contributed by atoms with E-state index in [0.717, 1.165) is 30.2 Å². The quantitative estimate of drug-likeness (QED) is 0.472. The first-order valence-electron chi connectivity index (χ1n) is 10.7. The van der Waals surface area contributed by atoms with Crippen LogP contribution in [0.3, 0.4) is 0 Å². The van der Waals surface area contributed by atoms with E-state index < -0.39 is 0 Å². The van der Waals surface area contributed by atoms with Gasteiger partial charge in [-0.15, -0.1) is 10.2 Å². The Kier molecular flexibility index (Phi) is 5.26. The number of aryl methyl sites for hydroxylation is 3. The van der Waals surface area contributed by atoms with Crippen LogP contribution in [0.1, 0.15) is 23.6 Å². The van der Waals surface area contributed by atoms with Gasteiger partial charge >= 0.3 is 0 Å². The SMILES string of the molecule is Cc1ccc(-c2nnc(CCC(=O)N3CCN(c4cc(C)nc5ncnn45)CC3)o2)cc1. The van der Waals surface area contributed by atoms with Gasteiger partial charge in [-0.1, -0.05) is 17.7 Å². The minimum absolute atomic E-state index is 0.0940. The van der Waals surface area contributed by atoms with Gasteiger partial charge in [0.05, 0.1) is 0 Å². The number of fused-ring (bicyclic) bond motifs is 1. The average Bonchev–Trinajstić information content (AvgIpc) is 3.47. The van der Waals surface area contributed by atoms with E-state index in [-0.39, 0.29) is 5.91 Å². The van der Waals surface area contributed by atoms with Gasteiger partial charge in [-0.05, 0) is 26.0 Å². The van der Waals surface area contributed by atoms with Gasteiger partial charge in [-0.2, -0.15) is 14.6 Å². The van der Waals surface area contributed by atoms with Crippen LogP contribution in [-0.2, 0) is 11.2 Å². The molecule has 1 aromatic carbocycles. The molecule has 4 aromatic rings. The predicted octanol–water partition coefficient (Wildman–Crippen LogP) is 2.07. The molecule has 1 saturated heterocycles. The number of amides is 1. The molecule has 32 heavy (non-hydrogen) atoms. The Morgan fingerprint density at radius 3 is 2.62 bits per heavy atom. The summed E-state index contributed by atoms with van der Waals surface area (Å²) in [4.78, 5) is 25.4. The Morgan fingerprint density at radius 1 is 1.06 bits per heavy atom. The molecule has 1 aliphatic rings. The van der Waals surface area contributed by atoms with E-state index in [4.69, 9.17) is 4.42 Å². The average molecular weight is 432 g/mol. The number of carbonyl (C=O) groups excluding carboxylic acids is 1. The van der Waals surface area contributed by atoms with Crippen LogP contribution in [0, 0.1) is 13.8 Å². The normalized spacial score (nSPS) is 14.3. The minimum atomic E-state index is 0.0940. The highest BCUT2D eigenvalue weighted by Gasteiger charge is 2.23. The Labute approximate surface area is 184 Å². The molecule has 0 N–H and O–H groups in total. The number of nitrogens with zero attached hydrogens (tertiary/aromatic N) is 8. The van der Waals surface area contributed by atoms with Crippen molar-refractivity contribution in [1.82, 2.24) is 34.7 Å². The maximum Gasteiger partial charge on any atom is 0.254 e. The molecule has 1 fully saturated rings. The summed E-state index contributed by atoms with van der Waals surface area (Å²) >= 11 is 0. The lowest BCUT2D eigenvalue weighted by Crippen LogP contribution is -2.49. The maximum absolute atomic E-state index is 12.7. The zero-order chi connectivity index (χ0) is 22.1. The lowest BCUT2D eigenvalue weighted by Gasteiger charge is -2.36. The molecule has 0 aliphatic carbocycles. The van der Waals surface area contributed by atoms with Crippen LogP contribution < -0.4 is 4.90 Å². The van der Waals surface area contributed by atoms with Gasteiger partial charge < -0.3 is 14.2 Å². The number of benzene rings is 1. The fourth-order valence-electron chi connectivity index (χ4n) is 3.86. The number of hydrogen-bond acceptors (Lipinski definition) is 8. The van der Waals surface area contributed by atoms with Crippen molar-refractivity contribution in [2.45, 2.75) is 26.7 Å². The topological polar surface area (TPSA) is 106 Å². The summed E-state index contributed by atoms with van der Waals surface area (Å²) in [7, 11) is 0. The zero-order valence-corrected chi connectivity index (χ0v) is 18.1. The molecule has 0 spiro atoms. The molecule has 1 amide bonds. The Bertz CT molecular complexity index is 1240. The van der Waals surface area contributed by atoms with Crippen molar-refractivity contribution in [3.05, 3.63) is 53.8 Å². The van der Waals surface area contributed by atoms with E-state index in [2.05, 4.69) is 30.2 Å². The first-order valence-corrected chi connectivity index (χ1v) is 10.7. The van der Waals surface area contributed by atoms with Crippen LogP contribution in [0.4, 0.5) is 5.82 Å². The number of hydrogen-bond donors (Lipinski definition) is 0. The molecule has 0 radical (unpaired) electrons. The molecule has 5 rings (SSSR count). The number of aromatic nitrogens is 6. The Morgan fingerprint density at radius 2 is 1.84 bits per heavy atom. The summed E-state index contributed by atoms with van der Waals surface area (Å²) in [5.74, 6) is 2.59. The zero-order valence-electron chi connectivity index (χ0n) is 18.1. The molecule has 10 nitrogen and oxygen atoms in total. The smallest absolute Gasteiger partial charge is 0.254 e. The van der Waals surface area contributed by atoms with Gasteiger partial charge in [0.15, 0.2) is 0 Å². The van der Waals surface area contributed by atoms with Crippen molar-refractivity contribution in [3.8, 4) is 11.5 Å². The fraction of sp³-hybridized carbons (Fsp3) is 0.364. The molecule has 4 heterocycles. The first kappa shape index (κ1) is 20.1. The molecule has 1 aliphatic heterocycles. The summed E-state index contributed by atoms with van der Waals surface area (Å²) in [5.41, 5.74) is 2.94. The standard InChI is InChI=1S/C22H24N8O2/c1-15-3-5-17(6-4-15)21-27-26-18(32-21)7-8-20(31)29-11-9-28(10-12-29)19-13-16(2)25-22-23-14-24-30(19)22/h3-6,13-14H,7-12H2,1-2H3. The third-order valence-corrected chi connectivity index (χ3v) is 5.64. The Hall–Kier alpha value is -3.82. The van der Waals surface area contributed by atoms with Crippen molar-refractivity contribution >= 4 is 17.5 Å². The molecule has 0 atom stereocenters. The minimum Gasteiger partial charge on any atom is -0.421 e. The third kappa shape index (κ3) is 4.03. The van der Waals surface area contributed by atoms with E-state index >= 15 is 0 Å².